The number of piperazine rings is 1. The van der Waals surface area contributed by atoms with E-state index >= 15 is 0 Å². The Hall–Kier alpha value is -3.03. The summed E-state index contributed by atoms with van der Waals surface area (Å²) in [6, 6.07) is 10.1. The summed E-state index contributed by atoms with van der Waals surface area (Å²) in [5, 5.41) is 2.69. The molecule has 3 aliphatic rings. The summed E-state index contributed by atoms with van der Waals surface area (Å²) in [7, 11) is 0. The normalized spacial score (nSPS) is 19.2. The smallest absolute Gasteiger partial charge is 0.338 e. The molecule has 13 heteroatoms. The Morgan fingerprint density at radius 1 is 1.00 bits per heavy atom. The van der Waals surface area contributed by atoms with E-state index in [4.69, 9.17) is 11.5 Å². The number of urea groups is 1. The predicted molar refractivity (Wildman–Crippen MR) is 151 cm³/mol. The molecule has 5 N–H and O–H groups in total. The van der Waals surface area contributed by atoms with Crippen LogP contribution in [0, 0.1) is 0 Å². The van der Waals surface area contributed by atoms with E-state index in [0.717, 1.165) is 32.7 Å². The number of halogens is 1. The summed E-state index contributed by atoms with van der Waals surface area (Å²) in [5.41, 5.74) is 12.3. The second-order valence-corrected chi connectivity index (χ2v) is 11.1. The van der Waals surface area contributed by atoms with Crippen LogP contribution in [-0.4, -0.2) is 111 Å². The minimum absolute atomic E-state index is 0. The van der Waals surface area contributed by atoms with Gasteiger partial charge in [0.25, 0.3) is 0 Å². The van der Waals surface area contributed by atoms with Gasteiger partial charge >= 0.3 is 11.7 Å². The number of benzene rings is 1. The summed E-state index contributed by atoms with van der Waals surface area (Å²) in [6.45, 7) is 9.91. The molecule has 0 radical (unpaired) electrons. The van der Waals surface area contributed by atoms with Crippen LogP contribution < -0.4 is 22.5 Å². The minimum atomic E-state index is -0.945. The van der Waals surface area contributed by atoms with Gasteiger partial charge in [0.05, 0.1) is 11.2 Å². The standard InChI is InChI=1S/C26H37N9O3.ClH/c1-26(2,28)23(36)32-9-11-33(12-10-32)24(37)29-22-7-8-35(25(38)30-22)20-5-3-18(4-6-20)13-31-16-21(17-31)34-14-19(27)15-34;/h3-8,19,21H,9-17,27-28H2,1-2H3,(H,29,30,37,38);1H. The zero-order valence-corrected chi connectivity index (χ0v) is 23.3. The Balaban J connectivity index is 0.00000353. The number of hydrogen-bond acceptors (Lipinski definition) is 8. The van der Waals surface area contributed by atoms with Crippen molar-refractivity contribution >= 4 is 30.2 Å². The van der Waals surface area contributed by atoms with Gasteiger partial charge in [0.15, 0.2) is 0 Å². The monoisotopic (exact) mass is 559 g/mol. The first kappa shape index (κ1) is 29.0. The van der Waals surface area contributed by atoms with Crippen molar-refractivity contribution in [1.82, 2.24) is 29.2 Å². The highest BCUT2D eigenvalue weighted by Crippen LogP contribution is 2.22. The Morgan fingerprint density at radius 3 is 2.18 bits per heavy atom. The molecule has 0 aliphatic carbocycles. The first-order valence-corrected chi connectivity index (χ1v) is 13.1. The zero-order valence-electron chi connectivity index (χ0n) is 22.5. The first-order valence-electron chi connectivity index (χ1n) is 13.1. The number of carbonyl (C=O) groups excluding carboxylic acids is 2. The van der Waals surface area contributed by atoms with Crippen molar-refractivity contribution in [2.45, 2.75) is 38.0 Å². The number of anilines is 1. The molecule has 0 unspecified atom stereocenters. The van der Waals surface area contributed by atoms with E-state index in [-0.39, 0.29) is 30.2 Å². The maximum atomic E-state index is 12.7. The van der Waals surface area contributed by atoms with Crippen molar-refractivity contribution in [2.75, 3.05) is 57.7 Å². The van der Waals surface area contributed by atoms with Crippen LogP contribution in [0.25, 0.3) is 5.69 Å². The number of nitrogens with one attached hydrogen (secondary N) is 1. The molecule has 4 heterocycles. The molecule has 5 rings (SSSR count). The second-order valence-electron chi connectivity index (χ2n) is 11.1. The van der Waals surface area contributed by atoms with Crippen LogP contribution in [0.4, 0.5) is 10.6 Å². The summed E-state index contributed by atoms with van der Waals surface area (Å²) in [6.07, 6.45) is 1.61. The van der Waals surface area contributed by atoms with E-state index in [9.17, 15) is 14.4 Å². The molecule has 1 aromatic heterocycles. The first-order chi connectivity index (χ1) is 18.1. The predicted octanol–water partition coefficient (Wildman–Crippen LogP) is -0.105. The van der Waals surface area contributed by atoms with Crippen molar-refractivity contribution < 1.29 is 9.59 Å². The lowest BCUT2D eigenvalue weighted by Crippen LogP contribution is -2.68. The van der Waals surface area contributed by atoms with E-state index in [2.05, 4.69) is 20.1 Å². The van der Waals surface area contributed by atoms with Gasteiger partial charge in [-0.05, 0) is 37.6 Å². The molecule has 12 nitrogen and oxygen atoms in total. The maximum absolute atomic E-state index is 12.7. The highest BCUT2D eigenvalue weighted by atomic mass is 35.5. The molecule has 0 bridgehead atoms. The topological polar surface area (TPSA) is 146 Å². The number of carbonyl (C=O) groups is 2. The molecule has 3 aliphatic heterocycles. The van der Waals surface area contributed by atoms with Crippen LogP contribution in [0.5, 0.6) is 0 Å². The molecule has 2 aromatic rings. The van der Waals surface area contributed by atoms with Gasteiger partial charge in [-0.25, -0.2) is 9.59 Å². The molecule has 0 atom stereocenters. The Bertz CT molecular complexity index is 1230. The van der Waals surface area contributed by atoms with Gasteiger partial charge in [0.2, 0.25) is 5.91 Å². The summed E-state index contributed by atoms with van der Waals surface area (Å²) < 4.78 is 1.45. The molecular formula is C26H38ClN9O3. The van der Waals surface area contributed by atoms with Crippen molar-refractivity contribution in [2.24, 2.45) is 11.5 Å². The summed E-state index contributed by atoms with van der Waals surface area (Å²) in [5.74, 6) is 0.0442. The van der Waals surface area contributed by atoms with Gasteiger partial charge in [-0.3, -0.25) is 24.5 Å². The fraction of sp³-hybridized carbons (Fsp3) is 0.538. The van der Waals surface area contributed by atoms with Crippen molar-refractivity contribution in [3.63, 3.8) is 0 Å². The Labute approximate surface area is 234 Å². The molecule has 0 saturated carbocycles. The lowest BCUT2D eigenvalue weighted by Gasteiger charge is -2.51. The molecule has 212 valence electrons. The van der Waals surface area contributed by atoms with E-state index in [0.29, 0.717) is 44.0 Å². The van der Waals surface area contributed by atoms with Crippen LogP contribution in [0.3, 0.4) is 0 Å². The number of nitrogens with zero attached hydrogens (tertiary/aromatic N) is 6. The third-order valence-electron chi connectivity index (χ3n) is 7.46. The average Bonchev–Trinajstić information content (AvgIpc) is 2.84. The van der Waals surface area contributed by atoms with Crippen molar-refractivity contribution in [3.05, 3.63) is 52.6 Å². The quantitative estimate of drug-likeness (QED) is 0.444. The van der Waals surface area contributed by atoms with Gasteiger partial charge in [0.1, 0.15) is 5.82 Å². The summed E-state index contributed by atoms with van der Waals surface area (Å²) in [4.78, 5) is 49.9. The molecule has 3 fully saturated rings. The lowest BCUT2D eigenvalue weighted by molar-refractivity contribution is -0.137. The van der Waals surface area contributed by atoms with E-state index in [1.807, 2.05) is 24.3 Å². The molecule has 0 spiro atoms. The van der Waals surface area contributed by atoms with E-state index in [1.54, 1.807) is 35.9 Å². The van der Waals surface area contributed by atoms with Gasteiger partial charge < -0.3 is 21.3 Å². The van der Waals surface area contributed by atoms with E-state index in [1.165, 1.54) is 10.1 Å². The Kier molecular flexibility index (Phi) is 8.62. The Morgan fingerprint density at radius 2 is 1.62 bits per heavy atom. The van der Waals surface area contributed by atoms with Gasteiger partial charge in [-0.1, -0.05) is 12.1 Å². The SMILES string of the molecule is CC(C)(N)C(=O)N1CCN(C(=O)Nc2ccn(-c3ccc(CN4CC(N5CC(N)C5)C4)cc3)c(=O)n2)CC1.Cl. The number of rotatable bonds is 6. The maximum Gasteiger partial charge on any atom is 0.354 e. The highest BCUT2D eigenvalue weighted by Gasteiger charge is 2.37. The van der Waals surface area contributed by atoms with E-state index < -0.39 is 11.2 Å². The largest absolute Gasteiger partial charge is 0.354 e. The van der Waals surface area contributed by atoms with Crippen LogP contribution in [0.2, 0.25) is 0 Å². The molecule has 39 heavy (non-hydrogen) atoms. The van der Waals surface area contributed by atoms with Crippen LogP contribution in [0.1, 0.15) is 19.4 Å². The lowest BCUT2D eigenvalue weighted by atomic mass is 9.99. The van der Waals surface area contributed by atoms with Crippen molar-refractivity contribution in [1.29, 1.82) is 0 Å². The van der Waals surface area contributed by atoms with Crippen LogP contribution in [-0.2, 0) is 11.3 Å². The molecular weight excluding hydrogens is 522 g/mol. The minimum Gasteiger partial charge on any atom is -0.338 e. The molecule has 3 amide bonds. The van der Waals surface area contributed by atoms with Crippen molar-refractivity contribution in [3.8, 4) is 5.69 Å². The number of nitrogens with two attached hydrogens (primary N) is 2. The highest BCUT2D eigenvalue weighted by molar-refractivity contribution is 5.89. The summed E-state index contributed by atoms with van der Waals surface area (Å²) >= 11 is 0. The zero-order chi connectivity index (χ0) is 27.0. The number of hydrogen-bond donors (Lipinski definition) is 3. The number of amides is 3. The molecule has 1 aromatic carbocycles. The number of aromatic nitrogens is 2. The fourth-order valence-electron chi connectivity index (χ4n) is 5.15. The molecule has 3 saturated heterocycles. The average molecular weight is 560 g/mol. The third kappa shape index (κ3) is 6.59. The van der Waals surface area contributed by atoms with Crippen LogP contribution in [0.15, 0.2) is 41.3 Å². The second kappa shape index (κ2) is 11.6. The van der Waals surface area contributed by atoms with Gasteiger partial charge in [0, 0.05) is 77.2 Å². The van der Waals surface area contributed by atoms with Crippen LogP contribution >= 0.6 is 12.4 Å². The third-order valence-corrected chi connectivity index (χ3v) is 7.46. The number of likely N-dealkylation sites (tertiary alicyclic amines) is 2. The van der Waals surface area contributed by atoms with Gasteiger partial charge in [-0.2, -0.15) is 4.98 Å². The fourth-order valence-corrected chi connectivity index (χ4v) is 5.15. The van der Waals surface area contributed by atoms with Gasteiger partial charge in [-0.15, -0.1) is 12.4 Å².